The third-order valence-electron chi connectivity index (χ3n) is 5.40. The minimum Gasteiger partial charge on any atom is -0.493 e. The summed E-state index contributed by atoms with van der Waals surface area (Å²) in [7, 11) is 3.04. The molecule has 0 saturated carbocycles. The van der Waals surface area contributed by atoms with Crippen LogP contribution in [-0.4, -0.2) is 26.0 Å². The zero-order chi connectivity index (χ0) is 22.7. The lowest BCUT2D eigenvalue weighted by Crippen LogP contribution is -2.32. The lowest BCUT2D eigenvalue weighted by molar-refractivity contribution is -0.120. The predicted octanol–water partition coefficient (Wildman–Crippen LogP) is 4.66. The summed E-state index contributed by atoms with van der Waals surface area (Å²) in [5.41, 5.74) is 3.56. The summed E-state index contributed by atoms with van der Waals surface area (Å²) >= 11 is 0. The summed E-state index contributed by atoms with van der Waals surface area (Å²) in [6, 6.07) is 22.0. The monoisotopic (exact) mass is 428 g/mol. The summed E-state index contributed by atoms with van der Waals surface area (Å²) in [6.07, 6.45) is 0.919. The zero-order valence-corrected chi connectivity index (χ0v) is 18.2. The fourth-order valence-electron chi connectivity index (χ4n) is 3.68. The van der Waals surface area contributed by atoms with Crippen molar-refractivity contribution in [2.75, 3.05) is 24.4 Å². The van der Waals surface area contributed by atoms with E-state index in [0.29, 0.717) is 28.3 Å². The molecule has 32 heavy (non-hydrogen) atoms. The number of carbonyl (C=O) groups is 2. The predicted molar refractivity (Wildman–Crippen MR) is 125 cm³/mol. The molecule has 2 amide bonds. The number of imide groups is 1. The van der Waals surface area contributed by atoms with Crippen LogP contribution in [0.5, 0.6) is 11.5 Å². The first-order valence-electron chi connectivity index (χ1n) is 10.3. The second-order valence-corrected chi connectivity index (χ2v) is 7.28. The summed E-state index contributed by atoms with van der Waals surface area (Å²) in [5, 5.41) is 3.18. The van der Waals surface area contributed by atoms with Crippen molar-refractivity contribution >= 4 is 28.8 Å². The van der Waals surface area contributed by atoms with Crippen LogP contribution in [0.25, 0.3) is 5.57 Å². The van der Waals surface area contributed by atoms with Crippen LogP contribution in [0.1, 0.15) is 18.1 Å². The second-order valence-electron chi connectivity index (χ2n) is 7.28. The normalized spacial score (nSPS) is 13.5. The van der Waals surface area contributed by atoms with Gasteiger partial charge in [0.05, 0.1) is 25.5 Å². The number of hydrogen-bond acceptors (Lipinski definition) is 5. The minimum atomic E-state index is -0.430. The molecule has 0 bridgehead atoms. The van der Waals surface area contributed by atoms with E-state index in [-0.39, 0.29) is 5.70 Å². The van der Waals surface area contributed by atoms with E-state index < -0.39 is 11.8 Å². The molecule has 6 heteroatoms. The van der Waals surface area contributed by atoms with Gasteiger partial charge in [-0.2, -0.15) is 0 Å². The van der Waals surface area contributed by atoms with Gasteiger partial charge < -0.3 is 14.8 Å². The van der Waals surface area contributed by atoms with Crippen LogP contribution in [0.4, 0.5) is 11.4 Å². The van der Waals surface area contributed by atoms with E-state index in [2.05, 4.69) is 12.2 Å². The van der Waals surface area contributed by atoms with Crippen molar-refractivity contribution in [3.05, 3.63) is 89.6 Å². The quantitative estimate of drug-likeness (QED) is 0.554. The average Bonchev–Trinajstić information content (AvgIpc) is 3.08. The summed E-state index contributed by atoms with van der Waals surface area (Å²) in [5.74, 6) is 0.117. The van der Waals surface area contributed by atoms with E-state index in [9.17, 15) is 9.59 Å². The number of nitrogens with zero attached hydrogens (tertiary/aromatic N) is 1. The van der Waals surface area contributed by atoms with Gasteiger partial charge in [0.1, 0.15) is 5.70 Å². The van der Waals surface area contributed by atoms with Crippen LogP contribution in [0, 0.1) is 0 Å². The molecule has 3 aromatic rings. The molecule has 0 fully saturated rings. The third-order valence-corrected chi connectivity index (χ3v) is 5.40. The number of rotatable bonds is 7. The van der Waals surface area contributed by atoms with E-state index in [4.69, 9.17) is 9.47 Å². The Morgan fingerprint density at radius 3 is 2.12 bits per heavy atom. The SMILES string of the molecule is CCc1ccc(NC2=C(c3ccccc3)C(=O)N(c3ccc(OC)c(OC)c3)C2=O)cc1. The maximum atomic E-state index is 13.5. The molecule has 0 unspecified atom stereocenters. The van der Waals surface area contributed by atoms with Gasteiger partial charge in [0.15, 0.2) is 11.5 Å². The highest BCUT2D eigenvalue weighted by atomic mass is 16.5. The first-order valence-corrected chi connectivity index (χ1v) is 10.3. The van der Waals surface area contributed by atoms with Gasteiger partial charge in [-0.3, -0.25) is 9.59 Å². The van der Waals surface area contributed by atoms with Crippen molar-refractivity contribution in [2.24, 2.45) is 0 Å². The Labute approximate surface area is 187 Å². The van der Waals surface area contributed by atoms with Gasteiger partial charge in [0, 0.05) is 11.8 Å². The number of hydrogen-bond donors (Lipinski definition) is 1. The standard InChI is InChI=1S/C26H24N2O4/c1-4-17-10-12-19(13-11-17)27-24-23(18-8-6-5-7-9-18)25(29)28(26(24)30)20-14-15-21(31-2)22(16-20)32-3/h5-16,27H,4H2,1-3H3. The summed E-state index contributed by atoms with van der Waals surface area (Å²) in [4.78, 5) is 28.2. The fourth-order valence-corrected chi connectivity index (χ4v) is 3.68. The lowest BCUT2D eigenvalue weighted by atomic mass is 10.0. The molecule has 0 aliphatic carbocycles. The number of nitrogens with one attached hydrogen (secondary N) is 1. The molecule has 6 nitrogen and oxygen atoms in total. The zero-order valence-electron chi connectivity index (χ0n) is 18.2. The number of anilines is 2. The molecule has 0 aromatic heterocycles. The molecule has 4 rings (SSSR count). The number of carbonyl (C=O) groups excluding carboxylic acids is 2. The number of ether oxygens (including phenoxy) is 2. The molecule has 0 atom stereocenters. The van der Waals surface area contributed by atoms with Crippen molar-refractivity contribution in [1.82, 2.24) is 0 Å². The Balaban J connectivity index is 1.78. The topological polar surface area (TPSA) is 67.9 Å². The number of benzene rings is 3. The third kappa shape index (κ3) is 3.83. The molecule has 1 aliphatic rings. The Morgan fingerprint density at radius 1 is 0.812 bits per heavy atom. The molecular weight excluding hydrogens is 404 g/mol. The Morgan fingerprint density at radius 2 is 1.50 bits per heavy atom. The first-order chi connectivity index (χ1) is 15.6. The largest absolute Gasteiger partial charge is 0.493 e. The number of aryl methyl sites for hydroxylation is 1. The van der Waals surface area contributed by atoms with Gasteiger partial charge in [0.2, 0.25) is 0 Å². The van der Waals surface area contributed by atoms with Crippen LogP contribution in [0.2, 0.25) is 0 Å². The summed E-state index contributed by atoms with van der Waals surface area (Å²) < 4.78 is 10.6. The maximum Gasteiger partial charge on any atom is 0.282 e. The second kappa shape index (κ2) is 8.98. The summed E-state index contributed by atoms with van der Waals surface area (Å²) in [6.45, 7) is 2.08. The molecule has 0 saturated heterocycles. The molecule has 3 aromatic carbocycles. The molecule has 1 N–H and O–H groups in total. The van der Waals surface area contributed by atoms with Crippen LogP contribution in [0.15, 0.2) is 78.5 Å². The van der Waals surface area contributed by atoms with Crippen LogP contribution >= 0.6 is 0 Å². The van der Waals surface area contributed by atoms with Crippen molar-refractivity contribution < 1.29 is 19.1 Å². The van der Waals surface area contributed by atoms with Crippen LogP contribution in [-0.2, 0) is 16.0 Å². The van der Waals surface area contributed by atoms with E-state index in [1.165, 1.54) is 19.8 Å². The van der Waals surface area contributed by atoms with Crippen molar-refractivity contribution in [3.63, 3.8) is 0 Å². The Bertz CT molecular complexity index is 1180. The molecule has 0 radical (unpaired) electrons. The highest BCUT2D eigenvalue weighted by Crippen LogP contribution is 2.37. The van der Waals surface area contributed by atoms with E-state index in [1.54, 1.807) is 18.2 Å². The van der Waals surface area contributed by atoms with Gasteiger partial charge in [-0.15, -0.1) is 0 Å². The van der Waals surface area contributed by atoms with Crippen molar-refractivity contribution in [3.8, 4) is 11.5 Å². The van der Waals surface area contributed by atoms with Crippen LogP contribution < -0.4 is 19.7 Å². The molecular formula is C26H24N2O4. The average molecular weight is 428 g/mol. The molecule has 0 spiro atoms. The van der Waals surface area contributed by atoms with Crippen molar-refractivity contribution in [2.45, 2.75) is 13.3 Å². The molecule has 1 aliphatic heterocycles. The minimum absolute atomic E-state index is 0.236. The van der Waals surface area contributed by atoms with E-state index in [1.807, 2.05) is 54.6 Å². The smallest absolute Gasteiger partial charge is 0.282 e. The maximum absolute atomic E-state index is 13.5. The van der Waals surface area contributed by atoms with E-state index in [0.717, 1.165) is 17.0 Å². The first kappa shape index (κ1) is 21.2. The highest BCUT2D eigenvalue weighted by molar-refractivity contribution is 6.46. The Hall–Kier alpha value is -4.06. The Kier molecular flexibility index (Phi) is 5.94. The molecule has 1 heterocycles. The van der Waals surface area contributed by atoms with Gasteiger partial charge in [0.25, 0.3) is 11.8 Å². The van der Waals surface area contributed by atoms with Gasteiger partial charge >= 0.3 is 0 Å². The van der Waals surface area contributed by atoms with Crippen LogP contribution in [0.3, 0.4) is 0 Å². The van der Waals surface area contributed by atoms with Gasteiger partial charge in [-0.25, -0.2) is 4.90 Å². The van der Waals surface area contributed by atoms with Gasteiger partial charge in [-0.1, -0.05) is 49.4 Å². The van der Waals surface area contributed by atoms with E-state index >= 15 is 0 Å². The fraction of sp³-hybridized carbons (Fsp3) is 0.154. The highest BCUT2D eigenvalue weighted by Gasteiger charge is 2.40. The number of methoxy groups -OCH3 is 2. The number of amides is 2. The van der Waals surface area contributed by atoms with Gasteiger partial charge in [-0.05, 0) is 41.8 Å². The van der Waals surface area contributed by atoms with Crippen molar-refractivity contribution in [1.29, 1.82) is 0 Å². The molecule has 162 valence electrons. The lowest BCUT2D eigenvalue weighted by Gasteiger charge is -2.17.